The lowest BCUT2D eigenvalue weighted by Gasteiger charge is -2.29. The Labute approximate surface area is 168 Å². The molecule has 0 bridgehead atoms. The Bertz CT molecular complexity index is 345. The fraction of sp³-hybridized carbons (Fsp3) is 0.833. The number of nitrogens with zero attached hydrogens (tertiary/aromatic N) is 4. The lowest BCUT2D eigenvalue weighted by atomic mass is 10.3. The molecule has 0 atom stereocenters. The molecule has 0 aliphatic rings. The van der Waals surface area contributed by atoms with Crippen molar-refractivity contribution in [3.05, 3.63) is 0 Å². The van der Waals surface area contributed by atoms with Crippen molar-refractivity contribution in [2.24, 2.45) is 0 Å². The number of hydrogen-bond acceptors (Lipinski definition) is 10. The first kappa shape index (κ1) is 26.2. The van der Waals surface area contributed by atoms with Crippen LogP contribution >= 0.6 is 0 Å². The number of carbonyl (C=O) groups excluding carboxylic acids is 3. The molecule has 0 aromatic carbocycles. The van der Waals surface area contributed by atoms with Crippen LogP contribution in [0.4, 0.5) is 0 Å². The normalized spacial score (nSPS) is 11.2. The molecule has 0 saturated carbocycles. The van der Waals surface area contributed by atoms with Crippen molar-refractivity contribution in [1.82, 2.24) is 19.6 Å². The monoisotopic (exact) mass is 404 g/mol. The van der Waals surface area contributed by atoms with Crippen LogP contribution in [0.25, 0.3) is 0 Å². The maximum atomic E-state index is 10.2. The summed E-state index contributed by atoms with van der Waals surface area (Å²) in [4.78, 5) is 39.4. The van der Waals surface area contributed by atoms with Crippen LogP contribution in [0.15, 0.2) is 0 Å². The van der Waals surface area contributed by atoms with E-state index >= 15 is 0 Å². The Hall–Kier alpha value is -1.75. The molecule has 0 heterocycles. The fourth-order valence-corrected chi connectivity index (χ4v) is 2.38. The van der Waals surface area contributed by atoms with Crippen LogP contribution in [-0.4, -0.2) is 139 Å². The van der Waals surface area contributed by atoms with E-state index in [1.165, 1.54) is 0 Å². The molecular formula is C18H36N4O6. The van der Waals surface area contributed by atoms with Gasteiger partial charge in [-0.3, -0.25) is 19.3 Å². The van der Waals surface area contributed by atoms with Gasteiger partial charge in [0, 0.05) is 58.9 Å². The highest BCUT2D eigenvalue weighted by Crippen LogP contribution is 1.95. The lowest BCUT2D eigenvalue weighted by Crippen LogP contribution is -2.42. The van der Waals surface area contributed by atoms with E-state index in [0.29, 0.717) is 58.9 Å². The molecule has 0 N–H and O–H groups in total. The molecule has 10 nitrogen and oxygen atoms in total. The largest absolute Gasteiger partial charge is 0.467 e. The van der Waals surface area contributed by atoms with Crippen LogP contribution in [-0.2, 0) is 28.6 Å². The van der Waals surface area contributed by atoms with Crippen LogP contribution < -0.4 is 0 Å². The molecule has 0 unspecified atom stereocenters. The first-order chi connectivity index (χ1) is 13.5. The van der Waals surface area contributed by atoms with E-state index in [9.17, 15) is 14.4 Å². The molecule has 0 fully saturated rings. The quantitative estimate of drug-likeness (QED) is 0.129. The van der Waals surface area contributed by atoms with E-state index in [1.54, 1.807) is 0 Å². The molecule has 0 aromatic rings. The molecule has 0 spiro atoms. The van der Waals surface area contributed by atoms with Crippen molar-refractivity contribution in [1.29, 1.82) is 0 Å². The van der Waals surface area contributed by atoms with Crippen LogP contribution in [0.3, 0.4) is 0 Å². The topological polar surface area (TPSA) is 91.9 Å². The Morgan fingerprint density at radius 1 is 0.500 bits per heavy atom. The zero-order valence-corrected chi connectivity index (χ0v) is 17.5. The van der Waals surface area contributed by atoms with Crippen LogP contribution in [0.5, 0.6) is 0 Å². The SMILES string of the molecule is CN(CCOC=O)CCN(CCN(C)CCOC=O)CCN(C)CCOC=O. The minimum absolute atomic E-state index is 0.388. The van der Waals surface area contributed by atoms with E-state index in [0.717, 1.165) is 39.3 Å². The summed E-state index contributed by atoms with van der Waals surface area (Å²) in [6.07, 6.45) is 0. The molecule has 0 aliphatic heterocycles. The summed E-state index contributed by atoms with van der Waals surface area (Å²) in [5, 5.41) is 0. The van der Waals surface area contributed by atoms with Gasteiger partial charge < -0.3 is 28.9 Å². The Balaban J connectivity index is 4.32. The summed E-state index contributed by atoms with van der Waals surface area (Å²) in [6.45, 7) is 9.87. The predicted molar refractivity (Wildman–Crippen MR) is 105 cm³/mol. The van der Waals surface area contributed by atoms with E-state index in [1.807, 2.05) is 21.1 Å². The van der Waals surface area contributed by atoms with Gasteiger partial charge in [-0.15, -0.1) is 0 Å². The Morgan fingerprint density at radius 3 is 1.04 bits per heavy atom. The van der Waals surface area contributed by atoms with Gasteiger partial charge in [0.2, 0.25) is 0 Å². The van der Waals surface area contributed by atoms with Crippen molar-refractivity contribution < 1.29 is 28.6 Å². The van der Waals surface area contributed by atoms with Gasteiger partial charge in [0.15, 0.2) is 0 Å². The number of rotatable bonds is 21. The molecule has 10 heteroatoms. The summed E-state index contributed by atoms with van der Waals surface area (Å²) >= 11 is 0. The molecule has 28 heavy (non-hydrogen) atoms. The molecule has 0 amide bonds. The number of hydrogen-bond donors (Lipinski definition) is 0. The molecule has 0 radical (unpaired) electrons. The van der Waals surface area contributed by atoms with Crippen molar-refractivity contribution >= 4 is 19.4 Å². The number of ether oxygens (including phenoxy) is 3. The molecule has 0 rings (SSSR count). The van der Waals surface area contributed by atoms with Crippen LogP contribution in [0.2, 0.25) is 0 Å². The number of likely N-dealkylation sites (N-methyl/N-ethyl adjacent to an activating group) is 3. The molecular weight excluding hydrogens is 368 g/mol. The second kappa shape index (κ2) is 18.6. The highest BCUT2D eigenvalue weighted by atomic mass is 16.5. The van der Waals surface area contributed by atoms with E-state index in [2.05, 4.69) is 19.6 Å². The van der Waals surface area contributed by atoms with Crippen LogP contribution in [0.1, 0.15) is 0 Å². The van der Waals surface area contributed by atoms with Crippen molar-refractivity contribution in [2.75, 3.05) is 99.9 Å². The van der Waals surface area contributed by atoms with Gasteiger partial charge in [-0.25, -0.2) is 0 Å². The average Bonchev–Trinajstić information content (AvgIpc) is 2.68. The van der Waals surface area contributed by atoms with Gasteiger partial charge in [-0.1, -0.05) is 0 Å². The summed E-state index contributed by atoms with van der Waals surface area (Å²) in [5.74, 6) is 0. The second-order valence-electron chi connectivity index (χ2n) is 6.65. The second-order valence-corrected chi connectivity index (χ2v) is 6.65. The standard InChI is InChI=1S/C18H36N4O6/c1-19(10-13-26-16-23)4-7-22(8-5-20(2)11-14-27-17-24)9-6-21(3)12-15-28-18-25/h16-18H,4-15H2,1-3H3. The molecule has 0 aromatic heterocycles. The van der Waals surface area contributed by atoms with E-state index in [4.69, 9.17) is 14.2 Å². The average molecular weight is 405 g/mol. The zero-order valence-electron chi connectivity index (χ0n) is 17.5. The lowest BCUT2D eigenvalue weighted by molar-refractivity contribution is -0.129. The van der Waals surface area contributed by atoms with E-state index in [-0.39, 0.29) is 0 Å². The van der Waals surface area contributed by atoms with Gasteiger partial charge in [0.25, 0.3) is 19.4 Å². The zero-order chi connectivity index (χ0) is 21.0. The third kappa shape index (κ3) is 16.4. The first-order valence-corrected chi connectivity index (χ1v) is 9.47. The molecule has 164 valence electrons. The van der Waals surface area contributed by atoms with Gasteiger partial charge in [-0.2, -0.15) is 0 Å². The highest BCUT2D eigenvalue weighted by Gasteiger charge is 2.10. The van der Waals surface area contributed by atoms with Gasteiger partial charge in [0.1, 0.15) is 19.8 Å². The smallest absolute Gasteiger partial charge is 0.293 e. The summed E-state index contributed by atoms with van der Waals surface area (Å²) in [7, 11) is 5.99. The Morgan fingerprint density at radius 2 is 0.786 bits per heavy atom. The van der Waals surface area contributed by atoms with Gasteiger partial charge in [-0.05, 0) is 21.1 Å². The minimum Gasteiger partial charge on any atom is -0.467 e. The maximum absolute atomic E-state index is 10.2. The highest BCUT2D eigenvalue weighted by molar-refractivity contribution is 5.37. The summed E-state index contributed by atoms with van der Waals surface area (Å²) in [5.41, 5.74) is 0. The molecule has 0 aliphatic carbocycles. The summed E-state index contributed by atoms with van der Waals surface area (Å²) < 4.78 is 14.2. The van der Waals surface area contributed by atoms with Gasteiger partial charge >= 0.3 is 0 Å². The third-order valence-electron chi connectivity index (χ3n) is 4.37. The van der Waals surface area contributed by atoms with Crippen molar-refractivity contribution in [3.63, 3.8) is 0 Å². The maximum Gasteiger partial charge on any atom is 0.293 e. The molecule has 0 saturated heterocycles. The minimum atomic E-state index is 0.388. The van der Waals surface area contributed by atoms with Crippen molar-refractivity contribution in [3.8, 4) is 0 Å². The number of carbonyl (C=O) groups is 3. The predicted octanol–water partition coefficient (Wildman–Crippen LogP) is -1.40. The Kier molecular flexibility index (Phi) is 17.4. The van der Waals surface area contributed by atoms with Crippen LogP contribution in [0, 0.1) is 0 Å². The summed E-state index contributed by atoms with van der Waals surface area (Å²) in [6, 6.07) is 0. The fourth-order valence-electron chi connectivity index (χ4n) is 2.38. The third-order valence-corrected chi connectivity index (χ3v) is 4.37. The van der Waals surface area contributed by atoms with E-state index < -0.39 is 0 Å². The van der Waals surface area contributed by atoms with Crippen molar-refractivity contribution in [2.45, 2.75) is 0 Å². The first-order valence-electron chi connectivity index (χ1n) is 9.47. The van der Waals surface area contributed by atoms with Gasteiger partial charge in [0.05, 0.1) is 0 Å².